The largest absolute Gasteiger partial charge is 0.491 e. The van der Waals surface area contributed by atoms with Gasteiger partial charge in [-0.3, -0.25) is 4.98 Å². The normalized spacial score (nSPS) is 10.6. The van der Waals surface area contributed by atoms with Crippen molar-refractivity contribution in [2.75, 3.05) is 13.7 Å². The molecule has 4 nitrogen and oxygen atoms in total. The highest BCUT2D eigenvalue weighted by Gasteiger charge is 2.13. The van der Waals surface area contributed by atoms with Gasteiger partial charge in [-0.15, -0.1) is 0 Å². The highest BCUT2D eigenvalue weighted by Crippen LogP contribution is 2.31. The smallest absolute Gasteiger partial charge is 0.257 e. The van der Waals surface area contributed by atoms with Gasteiger partial charge in [0.15, 0.2) is 5.75 Å². The minimum Gasteiger partial charge on any atom is -0.491 e. The summed E-state index contributed by atoms with van der Waals surface area (Å²) >= 11 is 12.4. The maximum Gasteiger partial charge on any atom is 0.257 e. The maximum absolute atomic E-state index is 6.22. The zero-order chi connectivity index (χ0) is 20.6. The molecule has 150 valence electrons. The van der Waals surface area contributed by atoms with Crippen LogP contribution in [0.25, 0.3) is 5.57 Å². The molecular formula is C23H22Cl2N2O2. The van der Waals surface area contributed by atoms with E-state index in [4.69, 9.17) is 32.7 Å². The number of pyridine rings is 2. The van der Waals surface area contributed by atoms with Crippen LogP contribution in [0.4, 0.5) is 0 Å². The van der Waals surface area contributed by atoms with E-state index in [1.807, 2.05) is 30.3 Å². The van der Waals surface area contributed by atoms with E-state index in [-0.39, 0.29) is 0 Å². The molecule has 0 spiro atoms. The Kier molecular flexibility index (Phi) is 7.50. The monoisotopic (exact) mass is 428 g/mol. The Morgan fingerprint density at radius 1 is 1.03 bits per heavy atom. The van der Waals surface area contributed by atoms with Crippen LogP contribution in [0.1, 0.15) is 23.2 Å². The van der Waals surface area contributed by atoms with Gasteiger partial charge in [0.2, 0.25) is 0 Å². The number of methoxy groups -OCH3 is 1. The third-order valence-corrected chi connectivity index (χ3v) is 5.09. The number of rotatable bonds is 9. The van der Waals surface area contributed by atoms with E-state index in [2.05, 4.69) is 28.7 Å². The van der Waals surface area contributed by atoms with Crippen molar-refractivity contribution in [3.8, 4) is 11.6 Å². The first kappa shape index (κ1) is 21.2. The van der Waals surface area contributed by atoms with Gasteiger partial charge in [-0.05, 0) is 41.7 Å². The van der Waals surface area contributed by atoms with Crippen LogP contribution in [-0.4, -0.2) is 23.7 Å². The van der Waals surface area contributed by atoms with Gasteiger partial charge >= 0.3 is 0 Å². The highest BCUT2D eigenvalue weighted by molar-refractivity contribution is 6.35. The second kappa shape index (κ2) is 10.3. The van der Waals surface area contributed by atoms with Crippen LogP contribution in [0, 0.1) is 0 Å². The molecular weight excluding hydrogens is 407 g/mol. The van der Waals surface area contributed by atoms with Crippen molar-refractivity contribution in [2.45, 2.75) is 19.3 Å². The molecule has 0 atom stereocenters. The molecule has 0 bridgehead atoms. The molecule has 0 saturated heterocycles. The van der Waals surface area contributed by atoms with Crippen LogP contribution in [-0.2, 0) is 12.8 Å². The molecule has 0 aliphatic carbocycles. The van der Waals surface area contributed by atoms with E-state index in [9.17, 15) is 0 Å². The number of nitrogens with zero attached hydrogens (tertiary/aromatic N) is 2. The molecule has 0 aliphatic heterocycles. The number of halogens is 2. The summed E-state index contributed by atoms with van der Waals surface area (Å²) in [6.07, 6.45) is 5.42. The number of benzene rings is 1. The van der Waals surface area contributed by atoms with Crippen LogP contribution < -0.4 is 9.47 Å². The van der Waals surface area contributed by atoms with E-state index < -0.39 is 0 Å². The van der Waals surface area contributed by atoms with Gasteiger partial charge in [0.05, 0.1) is 29.5 Å². The Morgan fingerprint density at radius 2 is 1.76 bits per heavy atom. The summed E-state index contributed by atoms with van der Waals surface area (Å²) in [7, 11) is 1.60. The van der Waals surface area contributed by atoms with Crippen LogP contribution in [0.3, 0.4) is 0 Å². The number of ether oxygens (including phenoxy) is 2. The summed E-state index contributed by atoms with van der Waals surface area (Å²) in [5.74, 6) is 1.03. The fourth-order valence-corrected chi connectivity index (χ4v) is 3.38. The second-order valence-corrected chi connectivity index (χ2v) is 7.32. The van der Waals surface area contributed by atoms with Crippen molar-refractivity contribution < 1.29 is 9.47 Å². The van der Waals surface area contributed by atoms with Crippen molar-refractivity contribution in [3.63, 3.8) is 0 Å². The first-order chi connectivity index (χ1) is 14.1. The van der Waals surface area contributed by atoms with E-state index >= 15 is 0 Å². The van der Waals surface area contributed by atoms with E-state index in [1.54, 1.807) is 19.5 Å². The van der Waals surface area contributed by atoms with Crippen LogP contribution in [0.15, 0.2) is 61.4 Å². The predicted molar refractivity (Wildman–Crippen MR) is 118 cm³/mol. The third kappa shape index (κ3) is 5.72. The van der Waals surface area contributed by atoms with Gasteiger partial charge < -0.3 is 9.47 Å². The summed E-state index contributed by atoms with van der Waals surface area (Å²) in [5.41, 5.74) is 3.53. The van der Waals surface area contributed by atoms with Crippen LogP contribution in [0.5, 0.6) is 11.6 Å². The molecule has 1 aromatic carbocycles. The third-order valence-electron chi connectivity index (χ3n) is 4.44. The fraction of sp³-hybridized carbons (Fsp3) is 0.217. The zero-order valence-electron chi connectivity index (χ0n) is 16.2. The number of allylic oxidation sites excluding steroid dienone is 1. The number of hydrogen-bond acceptors (Lipinski definition) is 4. The Balaban J connectivity index is 1.67. The van der Waals surface area contributed by atoms with E-state index in [0.29, 0.717) is 40.4 Å². The Labute approximate surface area is 181 Å². The molecule has 0 unspecified atom stereocenters. The second-order valence-electron chi connectivity index (χ2n) is 6.50. The summed E-state index contributed by atoms with van der Waals surface area (Å²) in [4.78, 5) is 8.57. The molecule has 3 rings (SSSR count). The van der Waals surface area contributed by atoms with Crippen LogP contribution in [0.2, 0.25) is 10.0 Å². The van der Waals surface area contributed by atoms with Gasteiger partial charge in [-0.2, -0.15) is 0 Å². The standard InChI is InChI=1S/C23H22Cl2N2O2/c1-16(13-18-19(24)14-26-15-20(18)25)21-10-11-22(28-2)23(27-21)29-12-6-9-17-7-4-3-5-8-17/h3-5,7-8,10-11,14-15H,1,6,9,12-13H2,2H3. The molecule has 0 amide bonds. The molecule has 0 N–H and O–H groups in total. The van der Waals surface area contributed by atoms with Gasteiger partial charge in [-0.1, -0.05) is 60.1 Å². The summed E-state index contributed by atoms with van der Waals surface area (Å²) in [6.45, 7) is 4.68. The zero-order valence-corrected chi connectivity index (χ0v) is 17.7. The Bertz CT molecular complexity index is 958. The molecule has 2 aromatic heterocycles. The first-order valence-electron chi connectivity index (χ1n) is 9.26. The van der Waals surface area contributed by atoms with Gasteiger partial charge in [-0.25, -0.2) is 4.98 Å². The quantitative estimate of drug-likeness (QED) is 0.388. The van der Waals surface area contributed by atoms with Crippen molar-refractivity contribution in [3.05, 3.63) is 88.3 Å². The number of hydrogen-bond donors (Lipinski definition) is 0. The average molecular weight is 429 g/mol. The molecule has 3 aromatic rings. The topological polar surface area (TPSA) is 44.2 Å². The molecule has 0 aliphatic rings. The lowest BCUT2D eigenvalue weighted by molar-refractivity contribution is 0.277. The molecule has 0 saturated carbocycles. The van der Waals surface area contributed by atoms with Crippen LogP contribution >= 0.6 is 23.2 Å². The minimum absolute atomic E-state index is 0.450. The SMILES string of the molecule is C=C(Cc1c(Cl)cncc1Cl)c1ccc(OC)c(OCCCc2ccccc2)n1. The Hall–Kier alpha value is -2.56. The molecule has 2 heterocycles. The lowest BCUT2D eigenvalue weighted by Gasteiger charge is -2.13. The molecule has 0 radical (unpaired) electrons. The predicted octanol–water partition coefficient (Wildman–Crippen LogP) is 6.06. The lowest BCUT2D eigenvalue weighted by Crippen LogP contribution is -2.04. The number of aryl methyl sites for hydroxylation is 1. The minimum atomic E-state index is 0.450. The number of aromatic nitrogens is 2. The lowest BCUT2D eigenvalue weighted by atomic mass is 10.0. The van der Waals surface area contributed by atoms with Gasteiger partial charge in [0.25, 0.3) is 5.88 Å². The van der Waals surface area contributed by atoms with Crippen molar-refractivity contribution >= 4 is 28.8 Å². The summed E-state index contributed by atoms with van der Waals surface area (Å²) < 4.78 is 11.3. The van der Waals surface area contributed by atoms with Crippen molar-refractivity contribution in [1.29, 1.82) is 0 Å². The van der Waals surface area contributed by atoms with E-state index in [0.717, 1.165) is 24.0 Å². The van der Waals surface area contributed by atoms with Gasteiger partial charge in [0, 0.05) is 18.8 Å². The first-order valence-corrected chi connectivity index (χ1v) is 10.0. The average Bonchev–Trinajstić information content (AvgIpc) is 2.74. The van der Waals surface area contributed by atoms with Crippen molar-refractivity contribution in [1.82, 2.24) is 9.97 Å². The van der Waals surface area contributed by atoms with Crippen molar-refractivity contribution in [2.24, 2.45) is 0 Å². The molecule has 6 heteroatoms. The molecule has 29 heavy (non-hydrogen) atoms. The fourth-order valence-electron chi connectivity index (χ4n) is 2.88. The van der Waals surface area contributed by atoms with Gasteiger partial charge in [0.1, 0.15) is 0 Å². The molecule has 0 fully saturated rings. The van der Waals surface area contributed by atoms with E-state index in [1.165, 1.54) is 5.56 Å². The summed E-state index contributed by atoms with van der Waals surface area (Å²) in [6, 6.07) is 14.0. The maximum atomic E-state index is 6.22. The highest BCUT2D eigenvalue weighted by atomic mass is 35.5. The Morgan fingerprint density at radius 3 is 2.45 bits per heavy atom. The summed E-state index contributed by atoms with van der Waals surface area (Å²) in [5, 5.41) is 1.01.